The van der Waals surface area contributed by atoms with E-state index in [0.717, 1.165) is 12.1 Å². The average molecular weight is 261 g/mol. The molecule has 0 heterocycles. The van der Waals surface area contributed by atoms with Gasteiger partial charge in [0.2, 0.25) is 0 Å². The Morgan fingerprint density at radius 1 is 1.06 bits per heavy atom. The molecule has 0 saturated carbocycles. The van der Waals surface area contributed by atoms with Gasteiger partial charge in [0.25, 0.3) is 0 Å². The zero-order chi connectivity index (χ0) is 12.6. The summed E-state index contributed by atoms with van der Waals surface area (Å²) in [4.78, 5) is -0.809. The summed E-state index contributed by atoms with van der Waals surface area (Å²) in [5.41, 5.74) is 5.06. The molecule has 1 nitrogen and oxygen atoms in total. The third-order valence-corrected chi connectivity index (χ3v) is 2.56. The largest absolute Gasteiger partial charge is 0.464 e. The van der Waals surface area contributed by atoms with Gasteiger partial charge in [-0.2, -0.15) is 22.0 Å². The van der Waals surface area contributed by atoms with Gasteiger partial charge in [-0.1, -0.05) is 0 Å². The van der Waals surface area contributed by atoms with Crippen LogP contribution in [0.25, 0.3) is 0 Å². The maximum atomic E-state index is 13.0. The number of benzene rings is 1. The normalized spacial score (nSPS) is 12.9. The van der Waals surface area contributed by atoms with Crippen molar-refractivity contribution in [3.05, 3.63) is 24.0 Å². The smallest absolute Gasteiger partial charge is 0.399 e. The predicted octanol–water partition coefficient (Wildman–Crippen LogP) is 3.66. The third kappa shape index (κ3) is 2.75. The monoisotopic (exact) mass is 261 g/mol. The van der Waals surface area contributed by atoms with Crippen molar-refractivity contribution in [2.24, 2.45) is 0 Å². The fourth-order valence-electron chi connectivity index (χ4n) is 0.796. The zero-order valence-electron chi connectivity index (χ0n) is 7.49. The first-order valence-electron chi connectivity index (χ1n) is 3.82. The fourth-order valence-corrected chi connectivity index (χ4v) is 1.48. The van der Waals surface area contributed by atoms with Gasteiger partial charge in [-0.05, 0) is 30.0 Å². The molecule has 0 aliphatic heterocycles. The molecule has 1 aromatic rings. The molecule has 16 heavy (non-hydrogen) atoms. The van der Waals surface area contributed by atoms with Crippen LogP contribution < -0.4 is 5.73 Å². The number of halogens is 6. The SMILES string of the molecule is Nc1ccc(SC(F)(F)C(F)(F)F)c(F)c1. The number of hydrogen-bond donors (Lipinski definition) is 1. The molecule has 0 saturated heterocycles. The first-order valence-corrected chi connectivity index (χ1v) is 4.64. The van der Waals surface area contributed by atoms with E-state index >= 15 is 0 Å². The molecular formula is C8H5F6NS. The molecule has 0 unspecified atom stereocenters. The molecule has 0 atom stereocenters. The van der Waals surface area contributed by atoms with Gasteiger partial charge >= 0.3 is 11.4 Å². The highest BCUT2D eigenvalue weighted by Gasteiger charge is 2.58. The van der Waals surface area contributed by atoms with Crippen LogP contribution in [0.5, 0.6) is 0 Å². The van der Waals surface area contributed by atoms with Gasteiger partial charge in [-0.15, -0.1) is 0 Å². The van der Waals surface area contributed by atoms with Crippen molar-refractivity contribution < 1.29 is 26.3 Å². The minimum Gasteiger partial charge on any atom is -0.399 e. The summed E-state index contributed by atoms with van der Waals surface area (Å²) in [6, 6.07) is 2.49. The first kappa shape index (κ1) is 13.0. The third-order valence-electron chi connectivity index (χ3n) is 1.52. The standard InChI is InChI=1S/C8H5F6NS/c9-5-3-4(15)1-2-6(5)16-8(13,14)7(10,11)12/h1-3H,15H2. The van der Waals surface area contributed by atoms with E-state index in [-0.39, 0.29) is 5.69 Å². The molecule has 0 bridgehead atoms. The van der Waals surface area contributed by atoms with Crippen LogP contribution in [-0.4, -0.2) is 11.4 Å². The highest BCUT2D eigenvalue weighted by molar-refractivity contribution is 8.00. The van der Waals surface area contributed by atoms with E-state index in [1.807, 2.05) is 0 Å². The number of rotatable bonds is 2. The van der Waals surface area contributed by atoms with Gasteiger partial charge in [0.05, 0.1) is 0 Å². The number of nitrogens with two attached hydrogens (primary N) is 1. The van der Waals surface area contributed by atoms with Crippen molar-refractivity contribution in [1.82, 2.24) is 0 Å². The number of thioether (sulfide) groups is 1. The van der Waals surface area contributed by atoms with Crippen LogP contribution in [-0.2, 0) is 0 Å². The van der Waals surface area contributed by atoms with Crippen LogP contribution in [0.1, 0.15) is 0 Å². The maximum Gasteiger partial charge on any atom is 0.464 e. The summed E-state index contributed by atoms with van der Waals surface area (Å²) in [6.07, 6.45) is -5.73. The molecule has 1 rings (SSSR count). The summed E-state index contributed by atoms with van der Waals surface area (Å²) in [6.45, 7) is 0. The second-order valence-electron chi connectivity index (χ2n) is 2.81. The average Bonchev–Trinajstić information content (AvgIpc) is 2.08. The molecular weight excluding hydrogens is 256 g/mol. The Labute approximate surface area is 90.6 Å². The predicted molar refractivity (Wildman–Crippen MR) is 47.7 cm³/mol. The molecule has 0 spiro atoms. The fraction of sp³-hybridized carbons (Fsp3) is 0.250. The van der Waals surface area contributed by atoms with Crippen molar-refractivity contribution >= 4 is 17.4 Å². The quantitative estimate of drug-likeness (QED) is 0.499. The van der Waals surface area contributed by atoms with Crippen molar-refractivity contribution in [3.63, 3.8) is 0 Å². The lowest BCUT2D eigenvalue weighted by Crippen LogP contribution is -2.32. The molecule has 8 heteroatoms. The number of nitrogen functional groups attached to an aromatic ring is 1. The van der Waals surface area contributed by atoms with Gasteiger partial charge in [0.15, 0.2) is 0 Å². The molecule has 0 aliphatic rings. The van der Waals surface area contributed by atoms with Gasteiger partial charge < -0.3 is 5.73 Å². The summed E-state index contributed by atoms with van der Waals surface area (Å²) in [5.74, 6) is -1.21. The van der Waals surface area contributed by atoms with Crippen molar-refractivity contribution in [2.45, 2.75) is 16.3 Å². The highest BCUT2D eigenvalue weighted by atomic mass is 32.2. The van der Waals surface area contributed by atoms with E-state index in [4.69, 9.17) is 5.73 Å². The second kappa shape index (κ2) is 4.08. The van der Waals surface area contributed by atoms with E-state index in [0.29, 0.717) is 6.07 Å². The summed E-state index contributed by atoms with van der Waals surface area (Å²) >= 11 is -0.901. The molecule has 1 aromatic carbocycles. The summed E-state index contributed by atoms with van der Waals surface area (Å²) in [5, 5.41) is -5.04. The lowest BCUT2D eigenvalue weighted by Gasteiger charge is -2.18. The minimum absolute atomic E-state index is 0.0582. The van der Waals surface area contributed by atoms with E-state index in [2.05, 4.69) is 0 Å². The van der Waals surface area contributed by atoms with Gasteiger partial charge in [0.1, 0.15) is 5.82 Å². The van der Waals surface area contributed by atoms with E-state index in [1.54, 1.807) is 0 Å². The van der Waals surface area contributed by atoms with E-state index < -0.39 is 33.9 Å². The molecule has 0 aliphatic carbocycles. The molecule has 0 radical (unpaired) electrons. The lowest BCUT2D eigenvalue weighted by atomic mass is 10.3. The van der Waals surface area contributed by atoms with Gasteiger partial charge in [-0.25, -0.2) is 4.39 Å². The number of alkyl halides is 5. The molecule has 90 valence electrons. The molecule has 2 N–H and O–H groups in total. The lowest BCUT2D eigenvalue weighted by molar-refractivity contribution is -0.237. The topological polar surface area (TPSA) is 26.0 Å². The van der Waals surface area contributed by atoms with Gasteiger partial charge in [0, 0.05) is 10.6 Å². The van der Waals surface area contributed by atoms with Crippen LogP contribution in [0.3, 0.4) is 0 Å². The number of anilines is 1. The Morgan fingerprint density at radius 3 is 2.06 bits per heavy atom. The van der Waals surface area contributed by atoms with Crippen molar-refractivity contribution in [3.8, 4) is 0 Å². The minimum atomic E-state index is -5.73. The van der Waals surface area contributed by atoms with E-state index in [9.17, 15) is 26.3 Å². The summed E-state index contributed by atoms with van der Waals surface area (Å²) in [7, 11) is 0. The van der Waals surface area contributed by atoms with Crippen LogP contribution in [0, 0.1) is 5.82 Å². The Hall–Kier alpha value is -1.05. The molecule has 0 aromatic heterocycles. The summed E-state index contributed by atoms with van der Waals surface area (Å²) < 4.78 is 73.5. The Morgan fingerprint density at radius 2 is 1.62 bits per heavy atom. The van der Waals surface area contributed by atoms with Crippen LogP contribution in [0.2, 0.25) is 0 Å². The molecule has 0 fully saturated rings. The maximum absolute atomic E-state index is 13.0. The number of hydrogen-bond acceptors (Lipinski definition) is 2. The Balaban J connectivity index is 2.97. The van der Waals surface area contributed by atoms with Crippen LogP contribution in [0.15, 0.2) is 23.1 Å². The molecule has 0 amide bonds. The van der Waals surface area contributed by atoms with Gasteiger partial charge in [-0.3, -0.25) is 0 Å². The van der Waals surface area contributed by atoms with Crippen molar-refractivity contribution in [1.29, 1.82) is 0 Å². The van der Waals surface area contributed by atoms with Crippen LogP contribution in [0.4, 0.5) is 32.0 Å². The Bertz CT molecular complexity index is 389. The second-order valence-corrected chi connectivity index (χ2v) is 3.96. The van der Waals surface area contributed by atoms with E-state index in [1.165, 1.54) is 0 Å². The zero-order valence-corrected chi connectivity index (χ0v) is 8.30. The Kier molecular flexibility index (Phi) is 3.32. The van der Waals surface area contributed by atoms with Crippen LogP contribution >= 0.6 is 11.8 Å². The first-order chi connectivity index (χ1) is 7.13. The van der Waals surface area contributed by atoms with Crippen molar-refractivity contribution in [2.75, 3.05) is 5.73 Å². The highest BCUT2D eigenvalue weighted by Crippen LogP contribution is 2.48.